The number of carbonyl (C=O) groups excluding carboxylic acids is 1. The van der Waals surface area contributed by atoms with Crippen molar-refractivity contribution in [2.45, 2.75) is 30.7 Å². The average molecular weight is 364 g/mol. The normalized spacial score (nSPS) is 18.7. The summed E-state index contributed by atoms with van der Waals surface area (Å²) in [4.78, 5) is 12.9. The van der Waals surface area contributed by atoms with Crippen molar-refractivity contribution in [1.82, 2.24) is 4.31 Å². The standard InChI is InChI=1S/C18H18ClNO3S/c1-13-4-6-14(7-5-13)18(21)17-3-2-12-20(17)24(22,23)16-10-8-15(19)9-11-16/h4-11,17H,2-3,12H2,1H3. The molecule has 3 rings (SSSR count). The molecule has 1 saturated heterocycles. The summed E-state index contributed by atoms with van der Waals surface area (Å²) in [5, 5.41) is 0.475. The topological polar surface area (TPSA) is 54.5 Å². The summed E-state index contributed by atoms with van der Waals surface area (Å²) in [6, 6.07) is 12.6. The Balaban J connectivity index is 1.91. The van der Waals surface area contributed by atoms with E-state index in [1.54, 1.807) is 24.3 Å². The smallest absolute Gasteiger partial charge is 0.243 e. The minimum absolute atomic E-state index is 0.148. The van der Waals surface area contributed by atoms with E-state index < -0.39 is 16.1 Å². The van der Waals surface area contributed by atoms with Gasteiger partial charge in [-0.3, -0.25) is 4.79 Å². The first-order valence-electron chi connectivity index (χ1n) is 7.78. The van der Waals surface area contributed by atoms with Gasteiger partial charge in [0.25, 0.3) is 0 Å². The molecule has 0 amide bonds. The lowest BCUT2D eigenvalue weighted by atomic mass is 10.0. The molecule has 1 aliphatic heterocycles. The van der Waals surface area contributed by atoms with E-state index in [0.717, 1.165) is 5.56 Å². The first-order chi connectivity index (χ1) is 11.4. The highest BCUT2D eigenvalue weighted by atomic mass is 35.5. The Morgan fingerprint density at radius 3 is 2.33 bits per heavy atom. The van der Waals surface area contributed by atoms with Gasteiger partial charge in [-0.15, -0.1) is 0 Å². The highest BCUT2D eigenvalue weighted by Gasteiger charge is 2.39. The zero-order valence-electron chi connectivity index (χ0n) is 13.3. The minimum Gasteiger partial charge on any atom is -0.292 e. The highest BCUT2D eigenvalue weighted by molar-refractivity contribution is 7.89. The quantitative estimate of drug-likeness (QED) is 0.778. The van der Waals surface area contributed by atoms with Crippen LogP contribution in [0.3, 0.4) is 0 Å². The predicted molar refractivity (Wildman–Crippen MR) is 93.9 cm³/mol. The van der Waals surface area contributed by atoms with Crippen molar-refractivity contribution in [2.75, 3.05) is 6.54 Å². The van der Waals surface area contributed by atoms with Crippen molar-refractivity contribution in [3.05, 3.63) is 64.7 Å². The molecule has 24 heavy (non-hydrogen) atoms. The zero-order chi connectivity index (χ0) is 17.3. The van der Waals surface area contributed by atoms with E-state index in [0.29, 0.717) is 30.0 Å². The molecule has 1 fully saturated rings. The monoisotopic (exact) mass is 363 g/mol. The Morgan fingerprint density at radius 1 is 1.08 bits per heavy atom. The number of halogens is 1. The molecule has 1 unspecified atom stereocenters. The van der Waals surface area contributed by atoms with Crippen LogP contribution in [0.2, 0.25) is 5.02 Å². The van der Waals surface area contributed by atoms with Crippen LogP contribution < -0.4 is 0 Å². The van der Waals surface area contributed by atoms with Gasteiger partial charge in [0.15, 0.2) is 5.78 Å². The third-order valence-corrected chi connectivity index (χ3v) is 6.44. The Morgan fingerprint density at radius 2 is 1.71 bits per heavy atom. The van der Waals surface area contributed by atoms with Crippen LogP contribution >= 0.6 is 11.6 Å². The molecule has 2 aromatic carbocycles. The number of aryl methyl sites for hydroxylation is 1. The molecule has 4 nitrogen and oxygen atoms in total. The fourth-order valence-electron chi connectivity index (χ4n) is 2.94. The number of nitrogens with zero attached hydrogens (tertiary/aromatic N) is 1. The summed E-state index contributed by atoms with van der Waals surface area (Å²) in [5.41, 5.74) is 1.60. The second-order valence-electron chi connectivity index (χ2n) is 5.96. The molecule has 1 aliphatic rings. The summed E-state index contributed by atoms with van der Waals surface area (Å²) < 4.78 is 27.1. The van der Waals surface area contributed by atoms with Crippen LogP contribution in [0.4, 0.5) is 0 Å². The van der Waals surface area contributed by atoms with Crippen molar-refractivity contribution in [3.63, 3.8) is 0 Å². The molecule has 6 heteroatoms. The molecule has 1 atom stereocenters. The van der Waals surface area contributed by atoms with Gasteiger partial charge in [-0.2, -0.15) is 4.31 Å². The highest BCUT2D eigenvalue weighted by Crippen LogP contribution is 2.29. The molecular formula is C18H18ClNO3S. The third kappa shape index (κ3) is 3.24. The molecule has 0 N–H and O–H groups in total. The van der Waals surface area contributed by atoms with E-state index in [1.807, 2.05) is 19.1 Å². The summed E-state index contributed by atoms with van der Waals surface area (Å²) >= 11 is 5.83. The van der Waals surface area contributed by atoms with E-state index in [9.17, 15) is 13.2 Å². The van der Waals surface area contributed by atoms with Crippen molar-refractivity contribution in [1.29, 1.82) is 0 Å². The van der Waals surface area contributed by atoms with Gasteiger partial charge in [-0.25, -0.2) is 8.42 Å². The van der Waals surface area contributed by atoms with Gasteiger partial charge in [0.2, 0.25) is 10.0 Å². The Bertz CT molecular complexity index is 845. The van der Waals surface area contributed by atoms with Gasteiger partial charge in [0.05, 0.1) is 10.9 Å². The van der Waals surface area contributed by atoms with Crippen LogP contribution in [-0.2, 0) is 10.0 Å². The van der Waals surface area contributed by atoms with Crippen molar-refractivity contribution in [3.8, 4) is 0 Å². The van der Waals surface area contributed by atoms with Crippen molar-refractivity contribution in [2.24, 2.45) is 0 Å². The number of Topliss-reactive ketones (excluding diaryl/α,β-unsaturated/α-hetero) is 1. The number of sulfonamides is 1. The molecule has 0 spiro atoms. The van der Waals surface area contributed by atoms with Gasteiger partial charge in [-0.05, 0) is 44.0 Å². The van der Waals surface area contributed by atoms with Gasteiger partial charge in [0.1, 0.15) is 0 Å². The van der Waals surface area contributed by atoms with Crippen LogP contribution in [-0.4, -0.2) is 31.1 Å². The average Bonchev–Trinajstić information content (AvgIpc) is 3.06. The van der Waals surface area contributed by atoms with Crippen molar-refractivity contribution >= 4 is 27.4 Å². The van der Waals surface area contributed by atoms with E-state index in [2.05, 4.69) is 0 Å². The number of benzene rings is 2. The maximum Gasteiger partial charge on any atom is 0.243 e. The molecule has 2 aromatic rings. The fraction of sp³-hybridized carbons (Fsp3) is 0.278. The van der Waals surface area contributed by atoms with Gasteiger partial charge in [-0.1, -0.05) is 41.4 Å². The lowest BCUT2D eigenvalue weighted by Crippen LogP contribution is -2.40. The molecule has 1 heterocycles. The fourth-order valence-corrected chi connectivity index (χ4v) is 4.72. The maximum absolute atomic E-state index is 12.9. The Labute approximate surface area is 147 Å². The van der Waals surface area contributed by atoms with Crippen molar-refractivity contribution < 1.29 is 13.2 Å². The number of rotatable bonds is 4. The zero-order valence-corrected chi connectivity index (χ0v) is 14.8. The molecule has 126 valence electrons. The lowest BCUT2D eigenvalue weighted by Gasteiger charge is -2.23. The summed E-state index contributed by atoms with van der Waals surface area (Å²) in [7, 11) is -3.71. The SMILES string of the molecule is Cc1ccc(C(=O)C2CCCN2S(=O)(=O)c2ccc(Cl)cc2)cc1. The third-order valence-electron chi connectivity index (χ3n) is 4.26. The molecule has 0 radical (unpaired) electrons. The van der Waals surface area contributed by atoms with Crippen LogP contribution in [0.25, 0.3) is 0 Å². The van der Waals surface area contributed by atoms with Gasteiger partial charge >= 0.3 is 0 Å². The number of hydrogen-bond donors (Lipinski definition) is 0. The number of carbonyl (C=O) groups is 1. The summed E-state index contributed by atoms with van der Waals surface area (Å²) in [5.74, 6) is -0.148. The van der Waals surface area contributed by atoms with E-state index >= 15 is 0 Å². The Hall–Kier alpha value is -1.69. The molecular weight excluding hydrogens is 346 g/mol. The largest absolute Gasteiger partial charge is 0.292 e. The predicted octanol–water partition coefficient (Wildman–Crippen LogP) is 3.68. The van der Waals surface area contributed by atoms with Crippen LogP contribution in [0.1, 0.15) is 28.8 Å². The summed E-state index contributed by atoms with van der Waals surface area (Å²) in [6.07, 6.45) is 1.22. The molecule has 0 aliphatic carbocycles. The van der Waals surface area contributed by atoms with Crippen LogP contribution in [0, 0.1) is 6.92 Å². The molecule has 0 aromatic heterocycles. The first kappa shape index (κ1) is 17.1. The lowest BCUT2D eigenvalue weighted by molar-refractivity contribution is 0.0918. The Kier molecular flexibility index (Phi) is 4.76. The van der Waals surface area contributed by atoms with Gasteiger partial charge < -0.3 is 0 Å². The number of ketones is 1. The second-order valence-corrected chi connectivity index (χ2v) is 8.28. The van der Waals surface area contributed by atoms with E-state index in [1.165, 1.54) is 16.4 Å². The number of hydrogen-bond acceptors (Lipinski definition) is 3. The van der Waals surface area contributed by atoms with Crippen LogP contribution in [0.15, 0.2) is 53.4 Å². The minimum atomic E-state index is -3.71. The summed E-state index contributed by atoms with van der Waals surface area (Å²) in [6.45, 7) is 2.30. The maximum atomic E-state index is 12.9. The van der Waals surface area contributed by atoms with Gasteiger partial charge in [0, 0.05) is 17.1 Å². The van der Waals surface area contributed by atoms with E-state index in [4.69, 9.17) is 11.6 Å². The molecule has 0 saturated carbocycles. The second kappa shape index (κ2) is 6.67. The van der Waals surface area contributed by atoms with Crippen LogP contribution in [0.5, 0.6) is 0 Å². The van der Waals surface area contributed by atoms with E-state index in [-0.39, 0.29) is 10.7 Å². The first-order valence-corrected chi connectivity index (χ1v) is 9.60. The molecule has 0 bridgehead atoms.